The van der Waals surface area contributed by atoms with E-state index < -0.39 is 0 Å². The molecule has 82 valence electrons. The van der Waals surface area contributed by atoms with E-state index in [0.29, 0.717) is 18.9 Å². The van der Waals surface area contributed by atoms with E-state index in [-0.39, 0.29) is 5.91 Å². The first-order valence-corrected chi connectivity index (χ1v) is 5.27. The second kappa shape index (κ2) is 5.51. The molecule has 0 aromatic heterocycles. The number of hydrogen-bond donors (Lipinski definition) is 2. The largest absolute Gasteiger partial charge is 0.330 e. The minimum atomic E-state index is 0.0367. The van der Waals surface area contributed by atoms with Crippen LogP contribution in [0.15, 0.2) is 24.3 Å². The van der Waals surface area contributed by atoms with Crippen LogP contribution in [0.2, 0.25) is 0 Å². The lowest BCUT2D eigenvalue weighted by molar-refractivity contribution is -0.115. The lowest BCUT2D eigenvalue weighted by atomic mass is 10.0. The molecule has 0 bridgehead atoms. The molecule has 1 amide bonds. The highest BCUT2D eigenvalue weighted by molar-refractivity contribution is 5.90. The Labute approximate surface area is 90.7 Å². The smallest absolute Gasteiger partial charge is 0.224 e. The van der Waals surface area contributed by atoms with Crippen LogP contribution >= 0.6 is 0 Å². The molecule has 0 radical (unpaired) electrons. The highest BCUT2D eigenvalue weighted by atomic mass is 16.1. The van der Waals surface area contributed by atoms with Crippen LogP contribution < -0.4 is 11.1 Å². The van der Waals surface area contributed by atoms with Crippen molar-refractivity contribution in [1.29, 1.82) is 0 Å². The van der Waals surface area contributed by atoms with Crippen molar-refractivity contribution in [2.45, 2.75) is 26.2 Å². The lowest BCUT2D eigenvalue weighted by Gasteiger charge is -2.10. The number of carbonyl (C=O) groups is 1. The number of nitrogens with one attached hydrogen (secondary N) is 1. The molecule has 0 saturated heterocycles. The Kier molecular flexibility index (Phi) is 4.31. The number of rotatable bonds is 4. The molecule has 3 nitrogen and oxygen atoms in total. The minimum Gasteiger partial charge on any atom is -0.330 e. The van der Waals surface area contributed by atoms with Crippen LogP contribution in [0.25, 0.3) is 0 Å². The zero-order valence-electron chi connectivity index (χ0n) is 9.29. The van der Waals surface area contributed by atoms with Gasteiger partial charge in [-0.3, -0.25) is 4.79 Å². The minimum absolute atomic E-state index is 0.0367. The van der Waals surface area contributed by atoms with Crippen molar-refractivity contribution < 1.29 is 4.79 Å². The van der Waals surface area contributed by atoms with Gasteiger partial charge in [0, 0.05) is 12.1 Å². The third kappa shape index (κ3) is 3.36. The van der Waals surface area contributed by atoms with Gasteiger partial charge in [0.25, 0.3) is 0 Å². The highest BCUT2D eigenvalue weighted by Gasteiger charge is 2.03. The van der Waals surface area contributed by atoms with Crippen LogP contribution in [-0.4, -0.2) is 12.5 Å². The summed E-state index contributed by atoms with van der Waals surface area (Å²) in [7, 11) is 0. The molecule has 0 heterocycles. The van der Waals surface area contributed by atoms with Gasteiger partial charge in [0.15, 0.2) is 0 Å². The van der Waals surface area contributed by atoms with Crippen LogP contribution in [0.3, 0.4) is 0 Å². The Morgan fingerprint density at radius 2 is 2.00 bits per heavy atom. The lowest BCUT2D eigenvalue weighted by Crippen LogP contribution is -2.10. The summed E-state index contributed by atoms with van der Waals surface area (Å²) in [6.45, 7) is 4.56. The number of hydrogen-bond acceptors (Lipinski definition) is 2. The van der Waals surface area contributed by atoms with Gasteiger partial charge in [-0.1, -0.05) is 26.0 Å². The molecule has 0 fully saturated rings. The molecule has 0 aliphatic carbocycles. The first-order valence-electron chi connectivity index (χ1n) is 5.27. The molecule has 0 aliphatic heterocycles. The van der Waals surface area contributed by atoms with Gasteiger partial charge in [0.2, 0.25) is 5.91 Å². The fourth-order valence-electron chi connectivity index (χ4n) is 1.28. The molecular weight excluding hydrogens is 188 g/mol. The normalized spacial score (nSPS) is 12.2. The number of amides is 1. The molecule has 1 aromatic rings. The van der Waals surface area contributed by atoms with Crippen molar-refractivity contribution in [1.82, 2.24) is 0 Å². The number of benzene rings is 1. The van der Waals surface area contributed by atoms with Crippen LogP contribution in [-0.2, 0) is 4.79 Å². The van der Waals surface area contributed by atoms with Crippen molar-refractivity contribution >= 4 is 11.6 Å². The second-order valence-electron chi connectivity index (χ2n) is 3.66. The monoisotopic (exact) mass is 206 g/mol. The van der Waals surface area contributed by atoms with E-state index >= 15 is 0 Å². The molecule has 3 heteroatoms. The van der Waals surface area contributed by atoms with Gasteiger partial charge in [0.1, 0.15) is 0 Å². The summed E-state index contributed by atoms with van der Waals surface area (Å²) in [6, 6.07) is 7.83. The topological polar surface area (TPSA) is 55.1 Å². The maximum Gasteiger partial charge on any atom is 0.224 e. The van der Waals surface area contributed by atoms with Gasteiger partial charge < -0.3 is 11.1 Å². The van der Waals surface area contributed by atoms with Gasteiger partial charge in [-0.15, -0.1) is 0 Å². The SMILES string of the molecule is CCC(=O)Nc1ccc(C(C)CN)cc1. The van der Waals surface area contributed by atoms with Crippen LogP contribution in [0.4, 0.5) is 5.69 Å². The van der Waals surface area contributed by atoms with Crippen molar-refractivity contribution in [2.75, 3.05) is 11.9 Å². The van der Waals surface area contributed by atoms with E-state index in [1.54, 1.807) is 0 Å². The summed E-state index contributed by atoms with van der Waals surface area (Å²) in [4.78, 5) is 11.1. The standard InChI is InChI=1S/C12H18N2O/c1-3-12(15)14-11-6-4-10(5-7-11)9(2)8-13/h4-7,9H,3,8,13H2,1-2H3,(H,14,15). The zero-order valence-corrected chi connectivity index (χ0v) is 9.29. The van der Waals surface area contributed by atoms with Gasteiger partial charge in [-0.2, -0.15) is 0 Å². The third-order valence-corrected chi connectivity index (χ3v) is 2.44. The van der Waals surface area contributed by atoms with E-state index in [4.69, 9.17) is 5.73 Å². The highest BCUT2D eigenvalue weighted by Crippen LogP contribution is 2.16. The molecule has 1 atom stereocenters. The number of anilines is 1. The quantitative estimate of drug-likeness (QED) is 0.792. The van der Waals surface area contributed by atoms with Gasteiger partial charge in [-0.25, -0.2) is 0 Å². The average molecular weight is 206 g/mol. The summed E-state index contributed by atoms with van der Waals surface area (Å²) in [5, 5.41) is 2.81. The Bertz CT molecular complexity index is 319. The van der Waals surface area contributed by atoms with Gasteiger partial charge in [0.05, 0.1) is 0 Å². The molecule has 1 aromatic carbocycles. The Hall–Kier alpha value is -1.35. The third-order valence-electron chi connectivity index (χ3n) is 2.44. The molecule has 0 aliphatic rings. The number of carbonyl (C=O) groups excluding carboxylic acids is 1. The van der Waals surface area contributed by atoms with Crippen molar-refractivity contribution in [3.05, 3.63) is 29.8 Å². The van der Waals surface area contributed by atoms with Crippen LogP contribution in [0.5, 0.6) is 0 Å². The van der Waals surface area contributed by atoms with E-state index in [1.807, 2.05) is 31.2 Å². The van der Waals surface area contributed by atoms with Crippen LogP contribution in [0, 0.1) is 0 Å². The molecule has 0 saturated carbocycles. The summed E-state index contributed by atoms with van der Waals surface area (Å²) in [6.07, 6.45) is 0.501. The predicted octanol–water partition coefficient (Wildman–Crippen LogP) is 2.10. The average Bonchev–Trinajstić information content (AvgIpc) is 2.29. The first kappa shape index (κ1) is 11.7. The fraction of sp³-hybridized carbons (Fsp3) is 0.417. The summed E-state index contributed by atoms with van der Waals surface area (Å²) in [5.41, 5.74) is 7.62. The van der Waals surface area contributed by atoms with Gasteiger partial charge >= 0.3 is 0 Å². The summed E-state index contributed by atoms with van der Waals surface area (Å²) < 4.78 is 0. The Balaban J connectivity index is 2.68. The Morgan fingerprint density at radius 1 is 1.40 bits per heavy atom. The first-order chi connectivity index (χ1) is 7.17. The number of nitrogens with two attached hydrogens (primary N) is 1. The maximum atomic E-state index is 11.1. The van der Waals surface area contributed by atoms with E-state index in [2.05, 4.69) is 12.2 Å². The fourth-order valence-corrected chi connectivity index (χ4v) is 1.28. The van der Waals surface area contributed by atoms with Gasteiger partial charge in [-0.05, 0) is 30.2 Å². The Morgan fingerprint density at radius 3 is 2.47 bits per heavy atom. The van der Waals surface area contributed by atoms with Crippen molar-refractivity contribution in [3.63, 3.8) is 0 Å². The summed E-state index contributed by atoms with van der Waals surface area (Å²) in [5.74, 6) is 0.399. The molecular formula is C12H18N2O. The van der Waals surface area contributed by atoms with Crippen LogP contribution in [0.1, 0.15) is 31.7 Å². The molecule has 15 heavy (non-hydrogen) atoms. The zero-order chi connectivity index (χ0) is 11.3. The van der Waals surface area contributed by atoms with Crippen molar-refractivity contribution in [2.24, 2.45) is 5.73 Å². The van der Waals surface area contributed by atoms with E-state index in [9.17, 15) is 4.79 Å². The summed E-state index contributed by atoms with van der Waals surface area (Å²) >= 11 is 0. The molecule has 1 unspecified atom stereocenters. The van der Waals surface area contributed by atoms with E-state index in [0.717, 1.165) is 5.69 Å². The molecule has 3 N–H and O–H groups in total. The predicted molar refractivity (Wildman–Crippen MR) is 62.8 cm³/mol. The molecule has 0 spiro atoms. The molecule has 1 rings (SSSR count). The van der Waals surface area contributed by atoms with E-state index in [1.165, 1.54) is 5.56 Å². The maximum absolute atomic E-state index is 11.1. The second-order valence-corrected chi connectivity index (χ2v) is 3.66. The van der Waals surface area contributed by atoms with Crippen molar-refractivity contribution in [3.8, 4) is 0 Å².